The Kier molecular flexibility index (Phi) is 4.30. The van der Waals surface area contributed by atoms with Crippen molar-refractivity contribution in [3.05, 3.63) is 41.0 Å². The minimum Gasteiger partial charge on any atom is -0.192 e. The molecule has 0 N–H and O–H groups in total. The van der Waals surface area contributed by atoms with E-state index in [2.05, 4.69) is 19.9 Å². The average molecular weight is 210 g/mol. The zero-order valence-electron chi connectivity index (χ0n) is 9.57. The van der Waals surface area contributed by atoms with Gasteiger partial charge in [0, 0.05) is 0 Å². The van der Waals surface area contributed by atoms with E-state index in [-0.39, 0.29) is 5.57 Å². The largest absolute Gasteiger partial charge is 0.192 e. The van der Waals surface area contributed by atoms with Gasteiger partial charge in [-0.15, -0.1) is 0 Å². The molecule has 0 aromatic heterocycles. The van der Waals surface area contributed by atoms with Gasteiger partial charge < -0.3 is 0 Å². The minimum absolute atomic E-state index is 0.140. The van der Waals surface area contributed by atoms with E-state index >= 15 is 0 Å². The van der Waals surface area contributed by atoms with Gasteiger partial charge in [-0.25, -0.2) is 0 Å². The van der Waals surface area contributed by atoms with Crippen LogP contribution in [0, 0.1) is 28.6 Å². The molecule has 0 saturated carbocycles. The van der Waals surface area contributed by atoms with Gasteiger partial charge in [-0.2, -0.15) is 10.5 Å². The maximum atomic E-state index is 8.66. The summed E-state index contributed by atoms with van der Waals surface area (Å²) in [7, 11) is 0. The molecule has 0 radical (unpaired) electrons. The van der Waals surface area contributed by atoms with Crippen molar-refractivity contribution in [2.45, 2.75) is 20.3 Å². The predicted molar refractivity (Wildman–Crippen MR) is 64.2 cm³/mol. The molecule has 2 nitrogen and oxygen atoms in total. The highest BCUT2D eigenvalue weighted by Crippen LogP contribution is 2.13. The second-order valence-corrected chi connectivity index (χ2v) is 4.12. The lowest BCUT2D eigenvalue weighted by Crippen LogP contribution is -1.93. The van der Waals surface area contributed by atoms with Crippen molar-refractivity contribution >= 4 is 6.08 Å². The summed E-state index contributed by atoms with van der Waals surface area (Å²) in [6.07, 6.45) is 2.62. The highest BCUT2D eigenvalue weighted by Gasteiger charge is 1.99. The van der Waals surface area contributed by atoms with Gasteiger partial charge in [0.25, 0.3) is 0 Å². The van der Waals surface area contributed by atoms with Gasteiger partial charge in [0.15, 0.2) is 0 Å². The number of hydrogen-bond acceptors (Lipinski definition) is 2. The second kappa shape index (κ2) is 5.73. The van der Waals surface area contributed by atoms with Crippen molar-refractivity contribution in [2.24, 2.45) is 5.92 Å². The fraction of sp³-hybridized carbons (Fsp3) is 0.286. The molecular formula is C14H14N2. The van der Waals surface area contributed by atoms with E-state index in [1.165, 1.54) is 5.56 Å². The van der Waals surface area contributed by atoms with E-state index < -0.39 is 0 Å². The Morgan fingerprint density at radius 1 is 1.31 bits per heavy atom. The van der Waals surface area contributed by atoms with Crippen molar-refractivity contribution in [1.82, 2.24) is 0 Å². The molecule has 0 unspecified atom stereocenters. The summed E-state index contributed by atoms with van der Waals surface area (Å²) < 4.78 is 0. The molecule has 0 spiro atoms. The lowest BCUT2D eigenvalue weighted by Gasteiger charge is -2.05. The van der Waals surface area contributed by atoms with E-state index in [1.807, 2.05) is 30.3 Å². The van der Waals surface area contributed by atoms with E-state index in [0.717, 1.165) is 12.0 Å². The molecule has 0 saturated heterocycles. The molecule has 0 fully saturated rings. The Hall–Kier alpha value is -2.06. The van der Waals surface area contributed by atoms with Gasteiger partial charge in [-0.1, -0.05) is 38.1 Å². The van der Waals surface area contributed by atoms with Gasteiger partial charge in [-0.3, -0.25) is 0 Å². The molecule has 0 aliphatic rings. The van der Waals surface area contributed by atoms with Crippen LogP contribution in [0.5, 0.6) is 0 Å². The van der Waals surface area contributed by atoms with Crippen molar-refractivity contribution in [3.63, 3.8) is 0 Å². The third-order valence-electron chi connectivity index (χ3n) is 2.15. The molecule has 0 aliphatic heterocycles. The maximum absolute atomic E-state index is 8.66. The first-order chi connectivity index (χ1) is 7.65. The van der Waals surface area contributed by atoms with Crippen LogP contribution in [0.3, 0.4) is 0 Å². The molecule has 1 aromatic rings. The standard InChI is InChI=1S/C14H14N2/c1-11(2)6-12-4-3-5-13(7-12)8-14(9-15)10-16/h3-5,7-8,11H,6H2,1-2H3. The van der Waals surface area contributed by atoms with Gasteiger partial charge >= 0.3 is 0 Å². The average Bonchev–Trinajstić information content (AvgIpc) is 2.25. The molecule has 0 atom stereocenters. The van der Waals surface area contributed by atoms with Crippen LogP contribution in [0.2, 0.25) is 0 Å². The topological polar surface area (TPSA) is 47.6 Å². The fourth-order valence-electron chi connectivity index (χ4n) is 1.54. The molecule has 2 heteroatoms. The smallest absolute Gasteiger partial charge is 0.130 e. The quantitative estimate of drug-likeness (QED) is 0.718. The van der Waals surface area contributed by atoms with Crippen LogP contribution in [-0.2, 0) is 6.42 Å². The third-order valence-corrected chi connectivity index (χ3v) is 2.15. The first kappa shape index (κ1) is 12.0. The van der Waals surface area contributed by atoms with Crippen molar-refractivity contribution in [3.8, 4) is 12.1 Å². The van der Waals surface area contributed by atoms with E-state index in [9.17, 15) is 0 Å². The van der Waals surface area contributed by atoms with E-state index in [4.69, 9.17) is 10.5 Å². The minimum atomic E-state index is 0.140. The first-order valence-corrected chi connectivity index (χ1v) is 5.26. The summed E-state index contributed by atoms with van der Waals surface area (Å²) in [5.74, 6) is 0.602. The summed E-state index contributed by atoms with van der Waals surface area (Å²) in [5.41, 5.74) is 2.29. The van der Waals surface area contributed by atoms with Gasteiger partial charge in [-0.05, 0) is 29.5 Å². The zero-order valence-corrected chi connectivity index (χ0v) is 9.57. The summed E-state index contributed by atoms with van der Waals surface area (Å²) in [6, 6.07) is 11.7. The SMILES string of the molecule is CC(C)Cc1cccc(C=C(C#N)C#N)c1. The van der Waals surface area contributed by atoms with Crippen LogP contribution in [0.4, 0.5) is 0 Å². The molecule has 80 valence electrons. The Balaban J connectivity index is 2.96. The van der Waals surface area contributed by atoms with Gasteiger partial charge in [0.05, 0.1) is 0 Å². The fourth-order valence-corrected chi connectivity index (χ4v) is 1.54. The van der Waals surface area contributed by atoms with Gasteiger partial charge in [0.1, 0.15) is 17.7 Å². The first-order valence-electron chi connectivity index (χ1n) is 5.26. The molecule has 0 amide bonds. The number of benzene rings is 1. The highest BCUT2D eigenvalue weighted by atomic mass is 14.3. The number of nitriles is 2. The van der Waals surface area contributed by atoms with Crippen molar-refractivity contribution in [1.29, 1.82) is 10.5 Å². The van der Waals surface area contributed by atoms with Gasteiger partial charge in [0.2, 0.25) is 0 Å². The second-order valence-electron chi connectivity index (χ2n) is 4.12. The summed E-state index contributed by atoms with van der Waals surface area (Å²) in [6.45, 7) is 4.33. The Labute approximate surface area is 96.4 Å². The number of rotatable bonds is 3. The number of allylic oxidation sites excluding steroid dienone is 1. The monoisotopic (exact) mass is 210 g/mol. The Morgan fingerprint density at radius 3 is 2.56 bits per heavy atom. The molecular weight excluding hydrogens is 196 g/mol. The summed E-state index contributed by atoms with van der Waals surface area (Å²) in [4.78, 5) is 0. The van der Waals surface area contributed by atoms with Crippen LogP contribution >= 0.6 is 0 Å². The van der Waals surface area contributed by atoms with Crippen LogP contribution in [0.1, 0.15) is 25.0 Å². The zero-order chi connectivity index (χ0) is 12.0. The molecule has 16 heavy (non-hydrogen) atoms. The lowest BCUT2D eigenvalue weighted by atomic mass is 10.0. The van der Waals surface area contributed by atoms with Crippen molar-refractivity contribution in [2.75, 3.05) is 0 Å². The maximum Gasteiger partial charge on any atom is 0.130 e. The van der Waals surface area contributed by atoms with E-state index in [1.54, 1.807) is 6.08 Å². The lowest BCUT2D eigenvalue weighted by molar-refractivity contribution is 0.647. The van der Waals surface area contributed by atoms with Crippen LogP contribution in [0.25, 0.3) is 6.08 Å². The van der Waals surface area contributed by atoms with Crippen LogP contribution in [0.15, 0.2) is 29.8 Å². The molecule has 1 rings (SSSR count). The normalized spacial score (nSPS) is 9.31. The number of hydrogen-bond donors (Lipinski definition) is 0. The Morgan fingerprint density at radius 2 is 2.00 bits per heavy atom. The molecule has 0 heterocycles. The number of nitrogens with zero attached hydrogens (tertiary/aromatic N) is 2. The van der Waals surface area contributed by atoms with Crippen molar-refractivity contribution < 1.29 is 0 Å². The summed E-state index contributed by atoms with van der Waals surface area (Å²) in [5, 5.41) is 17.3. The third kappa shape index (κ3) is 3.59. The van der Waals surface area contributed by atoms with E-state index in [0.29, 0.717) is 5.92 Å². The van der Waals surface area contributed by atoms with Crippen LogP contribution in [-0.4, -0.2) is 0 Å². The molecule has 0 aliphatic carbocycles. The summed E-state index contributed by atoms with van der Waals surface area (Å²) >= 11 is 0. The van der Waals surface area contributed by atoms with Crippen LogP contribution < -0.4 is 0 Å². The Bertz CT molecular complexity index is 454. The molecule has 0 bridgehead atoms. The highest BCUT2D eigenvalue weighted by molar-refractivity contribution is 5.62. The molecule has 1 aromatic carbocycles. The predicted octanol–water partition coefficient (Wildman–Crippen LogP) is 3.32.